The minimum absolute atomic E-state index is 0.204. The Kier molecular flexibility index (Phi) is 6.72. The lowest BCUT2D eigenvalue weighted by atomic mass is 9.97. The first-order chi connectivity index (χ1) is 15.5. The van der Waals surface area contributed by atoms with E-state index in [1.54, 1.807) is 0 Å². The van der Waals surface area contributed by atoms with Gasteiger partial charge in [0, 0.05) is 39.8 Å². The zero-order chi connectivity index (χ0) is 22.7. The lowest BCUT2D eigenvalue weighted by Crippen LogP contribution is -2.44. The smallest absolute Gasteiger partial charge is 0.277 e. The molecule has 1 fully saturated rings. The summed E-state index contributed by atoms with van der Waals surface area (Å²) in [5, 5.41) is 0. The van der Waals surface area contributed by atoms with Gasteiger partial charge in [0.05, 0.1) is 18.8 Å². The van der Waals surface area contributed by atoms with E-state index in [0.717, 1.165) is 35.3 Å². The molecule has 2 aliphatic rings. The molecule has 168 valence electrons. The Morgan fingerprint density at radius 2 is 1.66 bits per heavy atom. The second kappa shape index (κ2) is 9.67. The highest BCUT2D eigenvalue weighted by Gasteiger charge is 2.41. The van der Waals surface area contributed by atoms with Crippen molar-refractivity contribution in [2.24, 2.45) is 0 Å². The third-order valence-electron chi connectivity index (χ3n) is 6.18. The van der Waals surface area contributed by atoms with Gasteiger partial charge in [0.1, 0.15) is 5.70 Å². The largest absolute Gasteiger partial charge is 0.379 e. The minimum Gasteiger partial charge on any atom is -0.379 e. The van der Waals surface area contributed by atoms with E-state index in [4.69, 9.17) is 4.74 Å². The van der Waals surface area contributed by atoms with Gasteiger partial charge in [-0.2, -0.15) is 0 Å². The summed E-state index contributed by atoms with van der Waals surface area (Å²) in [5.41, 5.74) is 5.04. The molecule has 0 atom stereocenters. The molecule has 2 aromatic carbocycles. The van der Waals surface area contributed by atoms with Gasteiger partial charge in [0.25, 0.3) is 11.8 Å². The highest BCUT2D eigenvalue weighted by molar-refractivity contribution is 6.35. The molecule has 2 heterocycles. The summed E-state index contributed by atoms with van der Waals surface area (Å²) in [4.78, 5) is 32.7. The first kappa shape index (κ1) is 22.2. The van der Waals surface area contributed by atoms with Gasteiger partial charge >= 0.3 is 0 Å². The lowest BCUT2D eigenvalue weighted by Gasteiger charge is -2.28. The predicted octanol–water partition coefficient (Wildman–Crippen LogP) is 2.85. The van der Waals surface area contributed by atoms with Crippen LogP contribution in [0.1, 0.15) is 22.3 Å². The molecule has 6 heteroatoms. The van der Waals surface area contributed by atoms with Gasteiger partial charge in [-0.1, -0.05) is 54.1 Å². The van der Waals surface area contributed by atoms with Crippen molar-refractivity contribution in [3.8, 4) is 0 Å². The zero-order valence-electron chi connectivity index (χ0n) is 19.1. The van der Waals surface area contributed by atoms with E-state index in [-0.39, 0.29) is 11.8 Å². The number of hydrogen-bond acceptors (Lipinski definition) is 5. The summed E-state index contributed by atoms with van der Waals surface area (Å²) < 4.78 is 5.41. The second-order valence-corrected chi connectivity index (χ2v) is 8.60. The maximum absolute atomic E-state index is 13.6. The normalized spacial score (nSPS) is 17.4. The molecule has 0 N–H and O–H groups in total. The monoisotopic (exact) mass is 433 g/mol. The molecule has 32 heavy (non-hydrogen) atoms. The number of hydrogen-bond donors (Lipinski definition) is 0. The predicted molar refractivity (Wildman–Crippen MR) is 125 cm³/mol. The van der Waals surface area contributed by atoms with Gasteiger partial charge in [0.15, 0.2) is 0 Å². The highest BCUT2D eigenvalue weighted by atomic mass is 16.5. The number of morpholine rings is 1. The van der Waals surface area contributed by atoms with Crippen LogP contribution in [0.4, 0.5) is 0 Å². The number of benzene rings is 2. The molecule has 2 aromatic rings. The van der Waals surface area contributed by atoms with Gasteiger partial charge in [-0.05, 0) is 30.5 Å². The first-order valence-electron chi connectivity index (χ1n) is 11.2. The van der Waals surface area contributed by atoms with Crippen LogP contribution < -0.4 is 0 Å². The van der Waals surface area contributed by atoms with E-state index < -0.39 is 0 Å². The van der Waals surface area contributed by atoms with E-state index in [0.29, 0.717) is 44.1 Å². The van der Waals surface area contributed by atoms with Crippen LogP contribution in [0, 0.1) is 13.8 Å². The molecule has 4 rings (SSSR count). The minimum atomic E-state index is -0.211. The topological polar surface area (TPSA) is 53.1 Å². The Balaban J connectivity index is 1.65. The van der Waals surface area contributed by atoms with Crippen molar-refractivity contribution < 1.29 is 14.3 Å². The molecule has 2 amide bonds. The summed E-state index contributed by atoms with van der Waals surface area (Å²) in [7, 11) is 1.89. The Labute approximate surface area is 190 Å². The van der Waals surface area contributed by atoms with Crippen LogP contribution >= 0.6 is 0 Å². The average molecular weight is 434 g/mol. The SMILES string of the molecule is Cc1ccc(C2=C(N(C)Cc3ccccc3)C(=O)N(CCN3CCOCC3)C2=O)c(C)c1. The Morgan fingerprint density at radius 1 is 0.938 bits per heavy atom. The van der Waals surface area contributed by atoms with Crippen molar-refractivity contribution in [3.63, 3.8) is 0 Å². The van der Waals surface area contributed by atoms with E-state index >= 15 is 0 Å². The Morgan fingerprint density at radius 3 is 2.34 bits per heavy atom. The van der Waals surface area contributed by atoms with Crippen molar-refractivity contribution in [1.82, 2.24) is 14.7 Å². The van der Waals surface area contributed by atoms with Crippen molar-refractivity contribution in [3.05, 3.63) is 76.5 Å². The maximum atomic E-state index is 13.6. The number of amides is 2. The molecule has 0 unspecified atom stereocenters. The molecule has 2 aliphatic heterocycles. The van der Waals surface area contributed by atoms with Gasteiger partial charge in [-0.25, -0.2) is 0 Å². The third-order valence-corrected chi connectivity index (χ3v) is 6.18. The third kappa shape index (κ3) is 4.61. The Bertz CT molecular complexity index is 1030. The van der Waals surface area contributed by atoms with Gasteiger partial charge in [0.2, 0.25) is 0 Å². The van der Waals surface area contributed by atoms with Crippen molar-refractivity contribution >= 4 is 17.4 Å². The van der Waals surface area contributed by atoms with E-state index in [1.165, 1.54) is 4.90 Å². The van der Waals surface area contributed by atoms with Crippen LogP contribution in [0.15, 0.2) is 54.2 Å². The van der Waals surface area contributed by atoms with Crippen LogP contribution in [0.3, 0.4) is 0 Å². The van der Waals surface area contributed by atoms with Crippen molar-refractivity contribution in [2.45, 2.75) is 20.4 Å². The number of carbonyl (C=O) groups excluding carboxylic acids is 2. The standard InChI is InChI=1S/C26H31N3O3/c1-19-9-10-22(20(2)17-19)23-24(27(3)18-21-7-5-4-6-8-21)26(31)29(25(23)30)12-11-28-13-15-32-16-14-28/h4-10,17H,11-16,18H2,1-3H3. The van der Waals surface area contributed by atoms with Crippen LogP contribution in [0.25, 0.3) is 5.57 Å². The van der Waals surface area contributed by atoms with Crippen LogP contribution in [-0.2, 0) is 20.9 Å². The molecule has 0 aromatic heterocycles. The van der Waals surface area contributed by atoms with Crippen LogP contribution in [0.2, 0.25) is 0 Å². The number of rotatable bonds is 7. The second-order valence-electron chi connectivity index (χ2n) is 8.60. The fraction of sp³-hybridized carbons (Fsp3) is 0.385. The fourth-order valence-corrected chi connectivity index (χ4v) is 4.46. The number of carbonyl (C=O) groups is 2. The fourth-order valence-electron chi connectivity index (χ4n) is 4.46. The molecular formula is C26H31N3O3. The number of likely N-dealkylation sites (N-methyl/N-ethyl adjacent to an activating group) is 1. The van der Waals surface area contributed by atoms with Gasteiger partial charge in [-0.3, -0.25) is 19.4 Å². The number of nitrogens with zero attached hydrogens (tertiary/aromatic N) is 3. The summed E-state index contributed by atoms with van der Waals surface area (Å²) in [6.45, 7) is 8.68. The highest BCUT2D eigenvalue weighted by Crippen LogP contribution is 2.33. The van der Waals surface area contributed by atoms with Gasteiger partial charge < -0.3 is 9.64 Å². The van der Waals surface area contributed by atoms with E-state index in [1.807, 2.05) is 68.3 Å². The number of ether oxygens (including phenoxy) is 1. The van der Waals surface area contributed by atoms with Crippen molar-refractivity contribution in [2.75, 3.05) is 46.4 Å². The molecular weight excluding hydrogens is 402 g/mol. The summed E-state index contributed by atoms with van der Waals surface area (Å²) >= 11 is 0. The summed E-state index contributed by atoms with van der Waals surface area (Å²) in [6.07, 6.45) is 0. The molecule has 0 saturated carbocycles. The van der Waals surface area contributed by atoms with Crippen LogP contribution in [-0.4, -0.2) is 73.0 Å². The molecule has 0 radical (unpaired) electrons. The number of imide groups is 1. The quantitative estimate of drug-likeness (QED) is 0.629. The van der Waals surface area contributed by atoms with E-state index in [9.17, 15) is 9.59 Å². The molecule has 1 saturated heterocycles. The lowest BCUT2D eigenvalue weighted by molar-refractivity contribution is -0.137. The van der Waals surface area contributed by atoms with Gasteiger partial charge in [-0.15, -0.1) is 0 Å². The number of aryl methyl sites for hydroxylation is 2. The zero-order valence-corrected chi connectivity index (χ0v) is 19.1. The van der Waals surface area contributed by atoms with Crippen molar-refractivity contribution in [1.29, 1.82) is 0 Å². The molecule has 0 spiro atoms. The maximum Gasteiger partial charge on any atom is 0.277 e. The molecule has 6 nitrogen and oxygen atoms in total. The summed E-state index contributed by atoms with van der Waals surface area (Å²) in [5.74, 6) is -0.415. The Hall–Kier alpha value is -2.96. The van der Waals surface area contributed by atoms with Crippen LogP contribution in [0.5, 0.6) is 0 Å². The summed E-state index contributed by atoms with van der Waals surface area (Å²) in [6, 6.07) is 16.0. The molecule has 0 bridgehead atoms. The first-order valence-corrected chi connectivity index (χ1v) is 11.2. The molecule has 0 aliphatic carbocycles. The average Bonchev–Trinajstić information content (AvgIpc) is 3.03. The van der Waals surface area contributed by atoms with E-state index in [2.05, 4.69) is 11.0 Å².